The minimum atomic E-state index is -0.620. The Kier molecular flexibility index (Phi) is 7.68. The van der Waals surface area contributed by atoms with Crippen molar-refractivity contribution >= 4 is 11.9 Å². The minimum Gasteiger partial charge on any atom is -0.497 e. The summed E-state index contributed by atoms with van der Waals surface area (Å²) >= 11 is 0. The highest BCUT2D eigenvalue weighted by Crippen LogP contribution is 2.29. The second-order valence-electron chi connectivity index (χ2n) is 5.90. The number of rotatable bonds is 9. The average Bonchev–Trinajstić information content (AvgIpc) is 2.72. The van der Waals surface area contributed by atoms with Crippen LogP contribution in [0.3, 0.4) is 0 Å². The first-order valence-corrected chi connectivity index (χ1v) is 8.90. The van der Waals surface area contributed by atoms with Gasteiger partial charge in [-0.15, -0.1) is 0 Å². The zero-order chi connectivity index (χ0) is 20.5. The summed E-state index contributed by atoms with van der Waals surface area (Å²) in [5.41, 5.74) is 1.03. The van der Waals surface area contributed by atoms with Gasteiger partial charge in [-0.05, 0) is 44.2 Å². The number of amides is 1. The quantitative estimate of drug-likeness (QED) is 0.666. The van der Waals surface area contributed by atoms with Crippen LogP contribution in [0.4, 0.5) is 0 Å². The van der Waals surface area contributed by atoms with Crippen LogP contribution in [0.15, 0.2) is 42.5 Å². The number of para-hydroxylation sites is 1. The third kappa shape index (κ3) is 5.39. The Morgan fingerprint density at radius 3 is 2.46 bits per heavy atom. The summed E-state index contributed by atoms with van der Waals surface area (Å²) in [6.07, 6.45) is 0. The summed E-state index contributed by atoms with van der Waals surface area (Å²) in [6, 6.07) is 11.7. The third-order valence-electron chi connectivity index (χ3n) is 4.02. The zero-order valence-corrected chi connectivity index (χ0v) is 16.5. The van der Waals surface area contributed by atoms with Gasteiger partial charge in [-0.1, -0.05) is 12.1 Å². The molecule has 0 saturated heterocycles. The molecule has 0 spiro atoms. The number of benzene rings is 2. The molecule has 1 atom stereocenters. The molecule has 2 rings (SSSR count). The van der Waals surface area contributed by atoms with E-state index in [2.05, 4.69) is 5.32 Å². The zero-order valence-electron chi connectivity index (χ0n) is 16.5. The van der Waals surface area contributed by atoms with Crippen LogP contribution >= 0.6 is 0 Å². The summed E-state index contributed by atoms with van der Waals surface area (Å²) in [5.74, 6) is 0.641. The van der Waals surface area contributed by atoms with Gasteiger partial charge >= 0.3 is 5.97 Å². The molecule has 7 heteroatoms. The van der Waals surface area contributed by atoms with Gasteiger partial charge in [0.25, 0.3) is 5.91 Å². The Bertz CT molecular complexity index is 820. The normalized spacial score (nSPS) is 11.3. The van der Waals surface area contributed by atoms with Gasteiger partial charge in [0, 0.05) is 5.56 Å². The van der Waals surface area contributed by atoms with Crippen molar-refractivity contribution in [2.24, 2.45) is 0 Å². The Morgan fingerprint density at radius 2 is 1.79 bits per heavy atom. The van der Waals surface area contributed by atoms with E-state index in [-0.39, 0.29) is 11.6 Å². The molecule has 0 aliphatic heterocycles. The SMILES string of the molecule is CCOc1ccccc1C(=O)OCC(=O)N[C@@H](C)c1cc(OC)ccc1OC. The Labute approximate surface area is 164 Å². The number of carbonyl (C=O) groups excluding carboxylic acids is 2. The predicted octanol–water partition coefficient (Wildman–Crippen LogP) is 3.14. The van der Waals surface area contributed by atoms with Gasteiger partial charge in [0.15, 0.2) is 6.61 Å². The van der Waals surface area contributed by atoms with Crippen LogP contribution in [0, 0.1) is 0 Å². The Morgan fingerprint density at radius 1 is 1.04 bits per heavy atom. The second kappa shape index (κ2) is 10.2. The maximum absolute atomic E-state index is 12.3. The first-order valence-electron chi connectivity index (χ1n) is 8.90. The third-order valence-corrected chi connectivity index (χ3v) is 4.02. The molecule has 0 aliphatic rings. The standard InChI is InChI=1S/C21H25NO6/c1-5-27-19-9-7-6-8-16(19)21(24)28-13-20(23)22-14(2)17-12-15(25-3)10-11-18(17)26-4/h6-12,14H,5,13H2,1-4H3,(H,22,23)/t14-/m0/s1. The summed E-state index contributed by atoms with van der Waals surface area (Å²) in [5, 5.41) is 2.79. The van der Waals surface area contributed by atoms with E-state index in [1.165, 1.54) is 0 Å². The second-order valence-corrected chi connectivity index (χ2v) is 5.90. The molecule has 28 heavy (non-hydrogen) atoms. The smallest absolute Gasteiger partial charge is 0.342 e. The number of carbonyl (C=O) groups is 2. The lowest BCUT2D eigenvalue weighted by Gasteiger charge is -2.18. The van der Waals surface area contributed by atoms with Crippen LogP contribution < -0.4 is 19.5 Å². The average molecular weight is 387 g/mol. The van der Waals surface area contributed by atoms with Crippen molar-refractivity contribution in [1.29, 1.82) is 0 Å². The van der Waals surface area contributed by atoms with Crippen LogP contribution in [0.25, 0.3) is 0 Å². The van der Waals surface area contributed by atoms with Crippen LogP contribution in [-0.4, -0.2) is 39.3 Å². The van der Waals surface area contributed by atoms with Crippen molar-refractivity contribution in [3.63, 3.8) is 0 Å². The lowest BCUT2D eigenvalue weighted by molar-refractivity contribution is -0.124. The number of nitrogens with one attached hydrogen (secondary N) is 1. The van der Waals surface area contributed by atoms with Crippen LogP contribution in [-0.2, 0) is 9.53 Å². The molecule has 0 fully saturated rings. The maximum atomic E-state index is 12.3. The molecule has 2 aromatic rings. The van der Waals surface area contributed by atoms with Gasteiger partial charge in [-0.2, -0.15) is 0 Å². The van der Waals surface area contributed by atoms with Crippen molar-refractivity contribution in [3.8, 4) is 17.2 Å². The van der Waals surface area contributed by atoms with E-state index in [9.17, 15) is 9.59 Å². The summed E-state index contributed by atoms with van der Waals surface area (Å²) in [6.45, 7) is 3.64. The van der Waals surface area contributed by atoms with Gasteiger partial charge in [0.05, 0.1) is 26.9 Å². The lowest BCUT2D eigenvalue weighted by atomic mass is 10.1. The van der Waals surface area contributed by atoms with Gasteiger partial charge in [-0.25, -0.2) is 4.79 Å². The van der Waals surface area contributed by atoms with E-state index in [4.69, 9.17) is 18.9 Å². The van der Waals surface area contributed by atoms with Crippen molar-refractivity contribution in [3.05, 3.63) is 53.6 Å². The molecule has 1 amide bonds. The first-order chi connectivity index (χ1) is 13.5. The molecule has 1 N–H and O–H groups in total. The lowest BCUT2D eigenvalue weighted by Crippen LogP contribution is -2.31. The fourth-order valence-corrected chi connectivity index (χ4v) is 2.66. The van der Waals surface area contributed by atoms with Gasteiger partial charge in [-0.3, -0.25) is 4.79 Å². The molecule has 0 bridgehead atoms. The molecule has 0 unspecified atom stereocenters. The fraction of sp³-hybridized carbons (Fsp3) is 0.333. The molecular formula is C21H25NO6. The van der Waals surface area contributed by atoms with Crippen LogP contribution in [0.1, 0.15) is 35.8 Å². The van der Waals surface area contributed by atoms with E-state index < -0.39 is 18.5 Å². The molecule has 0 aromatic heterocycles. The molecule has 0 heterocycles. The summed E-state index contributed by atoms with van der Waals surface area (Å²) < 4.78 is 21.1. The van der Waals surface area contributed by atoms with E-state index in [0.717, 1.165) is 5.56 Å². The maximum Gasteiger partial charge on any atom is 0.342 e. The molecular weight excluding hydrogens is 362 g/mol. The highest BCUT2D eigenvalue weighted by atomic mass is 16.5. The topological polar surface area (TPSA) is 83.1 Å². The van der Waals surface area contributed by atoms with E-state index >= 15 is 0 Å². The van der Waals surface area contributed by atoms with Crippen molar-refractivity contribution in [2.75, 3.05) is 27.4 Å². The Balaban J connectivity index is 1.98. The minimum absolute atomic E-state index is 0.277. The number of ether oxygens (including phenoxy) is 4. The van der Waals surface area contributed by atoms with Crippen molar-refractivity contribution < 1.29 is 28.5 Å². The van der Waals surface area contributed by atoms with Crippen molar-refractivity contribution in [2.45, 2.75) is 19.9 Å². The molecule has 2 aromatic carbocycles. The summed E-state index contributed by atoms with van der Waals surface area (Å²) in [4.78, 5) is 24.5. The number of methoxy groups -OCH3 is 2. The summed E-state index contributed by atoms with van der Waals surface area (Å²) in [7, 11) is 3.12. The molecule has 0 saturated carbocycles. The number of hydrogen-bond acceptors (Lipinski definition) is 6. The van der Waals surface area contributed by atoms with Gasteiger partial charge in [0.1, 0.15) is 22.8 Å². The largest absolute Gasteiger partial charge is 0.497 e. The van der Waals surface area contributed by atoms with E-state index in [1.54, 1.807) is 63.6 Å². The van der Waals surface area contributed by atoms with E-state index in [1.807, 2.05) is 6.92 Å². The highest BCUT2D eigenvalue weighted by molar-refractivity contribution is 5.94. The molecule has 7 nitrogen and oxygen atoms in total. The Hall–Kier alpha value is -3.22. The van der Waals surface area contributed by atoms with Gasteiger partial charge in [0.2, 0.25) is 0 Å². The predicted molar refractivity (Wildman–Crippen MR) is 104 cm³/mol. The van der Waals surface area contributed by atoms with Gasteiger partial charge < -0.3 is 24.3 Å². The van der Waals surface area contributed by atoms with Crippen molar-refractivity contribution in [1.82, 2.24) is 5.32 Å². The molecule has 0 aliphatic carbocycles. The number of esters is 1. The monoisotopic (exact) mass is 387 g/mol. The number of hydrogen-bond donors (Lipinski definition) is 1. The highest BCUT2D eigenvalue weighted by Gasteiger charge is 2.18. The van der Waals surface area contributed by atoms with Crippen LogP contribution in [0.2, 0.25) is 0 Å². The fourth-order valence-electron chi connectivity index (χ4n) is 2.66. The first kappa shape index (κ1) is 21.1. The van der Waals surface area contributed by atoms with Crippen LogP contribution in [0.5, 0.6) is 17.2 Å². The molecule has 0 radical (unpaired) electrons. The van der Waals surface area contributed by atoms with E-state index in [0.29, 0.717) is 23.9 Å². The molecule has 150 valence electrons.